The average Bonchev–Trinajstić information content (AvgIpc) is 3.13. The summed E-state index contributed by atoms with van der Waals surface area (Å²) < 4.78 is 5.97. The first-order chi connectivity index (χ1) is 13.8. The van der Waals surface area contributed by atoms with Crippen LogP contribution < -0.4 is 0 Å². The van der Waals surface area contributed by atoms with Gasteiger partial charge in [-0.15, -0.1) is 0 Å². The maximum absolute atomic E-state index is 6.91. The summed E-state index contributed by atoms with van der Waals surface area (Å²) in [7, 11) is 0. The van der Waals surface area contributed by atoms with Gasteiger partial charge in [0.05, 0.1) is 5.02 Å². The summed E-state index contributed by atoms with van der Waals surface area (Å²) in [5.41, 5.74) is 3.82. The van der Waals surface area contributed by atoms with Gasteiger partial charge in [-0.2, -0.15) is 0 Å². The zero-order valence-electron chi connectivity index (χ0n) is 14.9. The molecule has 28 heavy (non-hydrogen) atoms. The Balaban J connectivity index is 1.66. The minimum absolute atomic E-state index is 0.738. The minimum atomic E-state index is 0.738. The lowest BCUT2D eigenvalue weighted by Crippen LogP contribution is -1.83. The molecule has 5 aromatic carbocycles. The number of para-hydroxylation sites is 1. The van der Waals surface area contributed by atoms with E-state index >= 15 is 0 Å². The van der Waals surface area contributed by atoms with Crippen molar-refractivity contribution in [2.45, 2.75) is 0 Å². The second-order valence-electron chi connectivity index (χ2n) is 7.12. The Morgan fingerprint density at radius 2 is 1.29 bits per heavy atom. The van der Waals surface area contributed by atoms with E-state index in [1.165, 1.54) is 21.5 Å². The van der Waals surface area contributed by atoms with Crippen LogP contribution in [0.3, 0.4) is 0 Å². The van der Waals surface area contributed by atoms with Gasteiger partial charge in [0.1, 0.15) is 11.2 Å². The number of benzene rings is 5. The largest absolute Gasteiger partial charge is 0.456 e. The van der Waals surface area contributed by atoms with Gasteiger partial charge in [0, 0.05) is 16.3 Å². The molecule has 0 N–H and O–H groups in total. The van der Waals surface area contributed by atoms with Gasteiger partial charge < -0.3 is 4.42 Å². The van der Waals surface area contributed by atoms with Gasteiger partial charge in [0.25, 0.3) is 0 Å². The summed E-state index contributed by atoms with van der Waals surface area (Å²) in [5, 5.41) is 7.74. The van der Waals surface area contributed by atoms with Crippen LogP contribution in [-0.4, -0.2) is 0 Å². The van der Waals surface area contributed by atoms with Gasteiger partial charge in [-0.3, -0.25) is 0 Å². The summed E-state index contributed by atoms with van der Waals surface area (Å²) in [5.74, 6) is 0. The van der Waals surface area contributed by atoms with Crippen LogP contribution in [0.15, 0.2) is 95.4 Å². The fraction of sp³-hybridized carbons (Fsp3) is 0. The van der Waals surface area contributed by atoms with Crippen molar-refractivity contribution in [3.63, 3.8) is 0 Å². The molecule has 1 heterocycles. The van der Waals surface area contributed by atoms with Gasteiger partial charge in [-0.1, -0.05) is 78.3 Å². The Morgan fingerprint density at radius 3 is 2.18 bits per heavy atom. The fourth-order valence-electron chi connectivity index (χ4n) is 4.17. The van der Waals surface area contributed by atoms with Crippen LogP contribution in [0.2, 0.25) is 5.02 Å². The van der Waals surface area contributed by atoms with Crippen LogP contribution in [0.4, 0.5) is 0 Å². The third kappa shape index (κ3) is 2.20. The summed E-state index contributed by atoms with van der Waals surface area (Å²) in [6.45, 7) is 0. The molecule has 132 valence electrons. The van der Waals surface area contributed by atoms with E-state index in [1.807, 2.05) is 24.3 Å². The average molecular weight is 379 g/mol. The summed E-state index contributed by atoms with van der Waals surface area (Å²) in [6.07, 6.45) is 0. The summed E-state index contributed by atoms with van der Waals surface area (Å²) >= 11 is 6.91. The normalized spacial score (nSPS) is 11.8. The van der Waals surface area contributed by atoms with Gasteiger partial charge in [0.15, 0.2) is 0 Å². The molecule has 2 heteroatoms. The predicted molar refractivity (Wildman–Crippen MR) is 119 cm³/mol. The Labute approximate surface area is 166 Å². The first kappa shape index (κ1) is 15.7. The maximum Gasteiger partial charge on any atom is 0.136 e. The number of rotatable bonds is 1. The van der Waals surface area contributed by atoms with Gasteiger partial charge >= 0.3 is 0 Å². The lowest BCUT2D eigenvalue weighted by atomic mass is 9.96. The zero-order chi connectivity index (χ0) is 18.7. The maximum atomic E-state index is 6.91. The lowest BCUT2D eigenvalue weighted by Gasteiger charge is -2.09. The molecule has 0 amide bonds. The predicted octanol–water partition coefficient (Wildman–Crippen LogP) is 8.21. The Bertz CT molecular complexity index is 1520. The summed E-state index contributed by atoms with van der Waals surface area (Å²) in [6, 6.07) is 31.5. The molecular weight excluding hydrogens is 364 g/mol. The van der Waals surface area contributed by atoms with Crippen LogP contribution in [0.25, 0.3) is 54.6 Å². The molecule has 1 nitrogen and oxygen atoms in total. The third-order valence-electron chi connectivity index (χ3n) is 5.54. The molecular formula is C26H15ClO. The molecule has 0 aliphatic rings. The van der Waals surface area contributed by atoms with E-state index in [-0.39, 0.29) is 0 Å². The highest BCUT2D eigenvalue weighted by Crippen LogP contribution is 2.40. The van der Waals surface area contributed by atoms with Crippen LogP contribution in [-0.2, 0) is 0 Å². The van der Waals surface area contributed by atoms with E-state index in [4.69, 9.17) is 16.0 Å². The quantitative estimate of drug-likeness (QED) is 0.263. The van der Waals surface area contributed by atoms with E-state index in [0.717, 1.165) is 38.1 Å². The third-order valence-corrected chi connectivity index (χ3v) is 5.93. The number of furan rings is 1. The van der Waals surface area contributed by atoms with Crippen LogP contribution in [0.1, 0.15) is 0 Å². The Morgan fingerprint density at radius 1 is 0.571 bits per heavy atom. The van der Waals surface area contributed by atoms with E-state index in [2.05, 4.69) is 66.7 Å². The van der Waals surface area contributed by atoms with Crippen molar-refractivity contribution >= 4 is 55.1 Å². The molecule has 0 spiro atoms. The monoisotopic (exact) mass is 378 g/mol. The van der Waals surface area contributed by atoms with Crippen molar-refractivity contribution in [3.05, 3.63) is 96.0 Å². The lowest BCUT2D eigenvalue weighted by molar-refractivity contribution is 0.669. The second-order valence-corrected chi connectivity index (χ2v) is 7.50. The Kier molecular flexibility index (Phi) is 3.29. The van der Waals surface area contributed by atoms with Crippen LogP contribution in [0, 0.1) is 0 Å². The highest BCUT2D eigenvalue weighted by Gasteiger charge is 2.14. The molecule has 6 aromatic rings. The molecule has 0 aliphatic carbocycles. The molecule has 0 saturated heterocycles. The molecule has 6 rings (SSSR count). The molecule has 0 unspecified atom stereocenters. The second kappa shape index (κ2) is 5.85. The first-order valence-electron chi connectivity index (χ1n) is 9.31. The smallest absolute Gasteiger partial charge is 0.136 e. The molecule has 0 bridgehead atoms. The standard InChI is InChI=1S/C26H15ClO/c27-26-20(13-14-24-25(26)21-7-3-4-8-23(21)28-24)18-12-11-17-10-9-16-5-1-2-6-19(16)22(17)15-18/h1-15H. The number of halogens is 1. The summed E-state index contributed by atoms with van der Waals surface area (Å²) in [4.78, 5) is 0. The molecule has 1 aromatic heterocycles. The molecule has 0 radical (unpaired) electrons. The topological polar surface area (TPSA) is 13.1 Å². The molecule has 0 saturated carbocycles. The van der Waals surface area contributed by atoms with Crippen molar-refractivity contribution in [3.8, 4) is 11.1 Å². The Hall–Kier alpha value is -3.29. The fourth-order valence-corrected chi connectivity index (χ4v) is 4.53. The van der Waals surface area contributed by atoms with Crippen molar-refractivity contribution in [2.24, 2.45) is 0 Å². The van der Waals surface area contributed by atoms with E-state index in [9.17, 15) is 0 Å². The number of hydrogen-bond acceptors (Lipinski definition) is 1. The van der Waals surface area contributed by atoms with Gasteiger partial charge in [-0.05, 0) is 51.4 Å². The first-order valence-corrected chi connectivity index (χ1v) is 9.69. The van der Waals surface area contributed by atoms with Crippen molar-refractivity contribution in [2.75, 3.05) is 0 Å². The van der Waals surface area contributed by atoms with Gasteiger partial charge in [-0.25, -0.2) is 0 Å². The SMILES string of the molecule is Clc1c(-c2ccc3ccc4ccccc4c3c2)ccc2oc3ccccc3c12. The van der Waals surface area contributed by atoms with Crippen LogP contribution in [0.5, 0.6) is 0 Å². The number of fused-ring (bicyclic) bond motifs is 6. The van der Waals surface area contributed by atoms with E-state index in [1.54, 1.807) is 0 Å². The number of hydrogen-bond donors (Lipinski definition) is 0. The highest BCUT2D eigenvalue weighted by molar-refractivity contribution is 6.40. The van der Waals surface area contributed by atoms with E-state index < -0.39 is 0 Å². The van der Waals surface area contributed by atoms with E-state index in [0.29, 0.717) is 0 Å². The van der Waals surface area contributed by atoms with Crippen molar-refractivity contribution < 1.29 is 4.42 Å². The van der Waals surface area contributed by atoms with Crippen molar-refractivity contribution in [1.29, 1.82) is 0 Å². The molecule has 0 atom stereocenters. The molecule has 0 aliphatic heterocycles. The van der Waals surface area contributed by atoms with Crippen LogP contribution >= 0.6 is 11.6 Å². The zero-order valence-corrected chi connectivity index (χ0v) is 15.7. The van der Waals surface area contributed by atoms with Gasteiger partial charge in [0.2, 0.25) is 0 Å². The molecule has 0 fully saturated rings. The highest BCUT2D eigenvalue weighted by atomic mass is 35.5. The van der Waals surface area contributed by atoms with Crippen molar-refractivity contribution in [1.82, 2.24) is 0 Å². The minimum Gasteiger partial charge on any atom is -0.456 e.